The van der Waals surface area contributed by atoms with Crippen molar-refractivity contribution in [3.8, 4) is 0 Å². The molecule has 2 atom stereocenters. The molecule has 0 aromatic carbocycles. The summed E-state index contributed by atoms with van der Waals surface area (Å²) in [5.74, 6) is 0.555. The van der Waals surface area contributed by atoms with Crippen molar-refractivity contribution in [3.63, 3.8) is 0 Å². The standard InChI is InChI=1S/C13H20FN3/c1-3-12-5-4-9(2)17(12)13-10(7-15)6-11(14)8-16-13/h6,8-9,12H,3-5,7,15H2,1-2H3. The van der Waals surface area contributed by atoms with Gasteiger partial charge in [0.2, 0.25) is 0 Å². The van der Waals surface area contributed by atoms with E-state index in [9.17, 15) is 4.39 Å². The lowest BCUT2D eigenvalue weighted by molar-refractivity contribution is 0.600. The van der Waals surface area contributed by atoms with Gasteiger partial charge >= 0.3 is 0 Å². The molecule has 4 heteroatoms. The van der Waals surface area contributed by atoms with Crippen molar-refractivity contribution < 1.29 is 4.39 Å². The highest BCUT2D eigenvalue weighted by Crippen LogP contribution is 2.32. The number of nitrogens with zero attached hydrogens (tertiary/aromatic N) is 2. The van der Waals surface area contributed by atoms with Gasteiger partial charge in [-0.3, -0.25) is 0 Å². The van der Waals surface area contributed by atoms with Crippen LogP contribution in [0.15, 0.2) is 12.3 Å². The highest BCUT2D eigenvalue weighted by atomic mass is 19.1. The van der Waals surface area contributed by atoms with Gasteiger partial charge in [-0.25, -0.2) is 9.37 Å². The molecule has 2 rings (SSSR count). The normalized spacial score (nSPS) is 24.4. The lowest BCUT2D eigenvalue weighted by Gasteiger charge is -2.30. The number of pyridine rings is 1. The molecule has 0 saturated carbocycles. The predicted octanol–water partition coefficient (Wildman–Crippen LogP) is 2.45. The maximum absolute atomic E-state index is 13.2. The SMILES string of the molecule is CCC1CCC(C)N1c1ncc(F)cc1CN. The minimum atomic E-state index is -0.311. The largest absolute Gasteiger partial charge is 0.351 e. The van der Waals surface area contributed by atoms with Crippen LogP contribution >= 0.6 is 0 Å². The van der Waals surface area contributed by atoms with Gasteiger partial charge in [0.25, 0.3) is 0 Å². The summed E-state index contributed by atoms with van der Waals surface area (Å²) in [7, 11) is 0. The van der Waals surface area contributed by atoms with Crippen LogP contribution in [0.25, 0.3) is 0 Å². The third-order valence-corrected chi connectivity index (χ3v) is 3.63. The quantitative estimate of drug-likeness (QED) is 0.878. The van der Waals surface area contributed by atoms with Crippen molar-refractivity contribution in [3.05, 3.63) is 23.6 Å². The molecule has 2 N–H and O–H groups in total. The van der Waals surface area contributed by atoms with Gasteiger partial charge in [0.05, 0.1) is 6.20 Å². The summed E-state index contributed by atoms with van der Waals surface area (Å²) < 4.78 is 13.2. The first-order valence-electron chi connectivity index (χ1n) is 6.30. The number of nitrogens with two attached hydrogens (primary N) is 1. The van der Waals surface area contributed by atoms with E-state index in [0.29, 0.717) is 18.6 Å². The van der Waals surface area contributed by atoms with Crippen molar-refractivity contribution in [1.82, 2.24) is 4.98 Å². The second-order valence-corrected chi connectivity index (χ2v) is 4.74. The maximum Gasteiger partial charge on any atom is 0.141 e. The second kappa shape index (κ2) is 5.00. The number of hydrogen-bond acceptors (Lipinski definition) is 3. The number of rotatable bonds is 3. The smallest absolute Gasteiger partial charge is 0.141 e. The Morgan fingerprint density at radius 2 is 2.29 bits per heavy atom. The van der Waals surface area contributed by atoms with Gasteiger partial charge < -0.3 is 10.6 Å². The average Bonchev–Trinajstić information content (AvgIpc) is 2.70. The highest BCUT2D eigenvalue weighted by molar-refractivity contribution is 5.49. The first-order valence-corrected chi connectivity index (χ1v) is 6.30. The first kappa shape index (κ1) is 12.3. The minimum absolute atomic E-state index is 0.311. The van der Waals surface area contributed by atoms with Gasteiger partial charge in [0.15, 0.2) is 0 Å². The van der Waals surface area contributed by atoms with Gasteiger partial charge in [0, 0.05) is 24.2 Å². The molecule has 0 amide bonds. The fraction of sp³-hybridized carbons (Fsp3) is 0.615. The van der Waals surface area contributed by atoms with Crippen LogP contribution in [0.2, 0.25) is 0 Å². The number of halogens is 1. The Morgan fingerprint density at radius 1 is 1.53 bits per heavy atom. The molecule has 0 bridgehead atoms. The molecule has 17 heavy (non-hydrogen) atoms. The Hall–Kier alpha value is -1.16. The van der Waals surface area contributed by atoms with Gasteiger partial charge in [0.1, 0.15) is 11.6 Å². The zero-order valence-electron chi connectivity index (χ0n) is 10.5. The fourth-order valence-corrected chi connectivity index (χ4v) is 2.71. The third kappa shape index (κ3) is 2.27. The molecule has 1 aromatic heterocycles. The molecule has 1 aliphatic heterocycles. The Bertz CT molecular complexity index is 394. The summed E-state index contributed by atoms with van der Waals surface area (Å²) in [4.78, 5) is 6.56. The summed E-state index contributed by atoms with van der Waals surface area (Å²) in [6, 6.07) is 2.47. The first-order chi connectivity index (χ1) is 8.17. The van der Waals surface area contributed by atoms with E-state index in [0.717, 1.165) is 17.8 Å². The van der Waals surface area contributed by atoms with E-state index in [1.165, 1.54) is 25.1 Å². The topological polar surface area (TPSA) is 42.2 Å². The van der Waals surface area contributed by atoms with E-state index in [1.807, 2.05) is 0 Å². The number of anilines is 1. The summed E-state index contributed by atoms with van der Waals surface area (Å²) in [5, 5.41) is 0. The van der Waals surface area contributed by atoms with E-state index >= 15 is 0 Å². The molecule has 2 unspecified atom stereocenters. The number of hydrogen-bond donors (Lipinski definition) is 1. The molecule has 1 saturated heterocycles. The lowest BCUT2D eigenvalue weighted by atomic mass is 10.1. The summed E-state index contributed by atoms with van der Waals surface area (Å²) in [6.07, 6.45) is 4.72. The van der Waals surface area contributed by atoms with Gasteiger partial charge in [-0.15, -0.1) is 0 Å². The molecule has 94 valence electrons. The molecule has 0 radical (unpaired) electrons. The van der Waals surface area contributed by atoms with E-state index in [-0.39, 0.29) is 5.82 Å². The fourth-order valence-electron chi connectivity index (χ4n) is 2.71. The van der Waals surface area contributed by atoms with Crippen molar-refractivity contribution in [1.29, 1.82) is 0 Å². The molecule has 2 heterocycles. The molecule has 0 aliphatic carbocycles. The molecule has 1 aliphatic rings. The zero-order valence-corrected chi connectivity index (χ0v) is 10.5. The maximum atomic E-state index is 13.2. The van der Waals surface area contributed by atoms with E-state index in [2.05, 4.69) is 23.7 Å². The van der Waals surface area contributed by atoms with Crippen LogP contribution in [0.1, 0.15) is 38.7 Å². The third-order valence-electron chi connectivity index (χ3n) is 3.63. The summed E-state index contributed by atoms with van der Waals surface area (Å²) in [5.41, 5.74) is 6.49. The minimum Gasteiger partial charge on any atom is -0.351 e. The summed E-state index contributed by atoms with van der Waals surface area (Å²) in [6.45, 7) is 4.71. The van der Waals surface area contributed by atoms with Crippen LogP contribution in [-0.4, -0.2) is 17.1 Å². The van der Waals surface area contributed by atoms with Crippen molar-refractivity contribution in [2.24, 2.45) is 5.73 Å². The monoisotopic (exact) mass is 237 g/mol. The van der Waals surface area contributed by atoms with Crippen LogP contribution in [0, 0.1) is 5.82 Å². The van der Waals surface area contributed by atoms with Crippen LogP contribution in [-0.2, 0) is 6.54 Å². The summed E-state index contributed by atoms with van der Waals surface area (Å²) >= 11 is 0. The number of aromatic nitrogens is 1. The highest BCUT2D eigenvalue weighted by Gasteiger charge is 2.31. The molecular formula is C13H20FN3. The van der Waals surface area contributed by atoms with Crippen molar-refractivity contribution in [2.45, 2.75) is 51.7 Å². The Kier molecular flexibility index (Phi) is 3.62. The molecule has 1 fully saturated rings. The van der Waals surface area contributed by atoms with E-state index in [1.54, 1.807) is 0 Å². The van der Waals surface area contributed by atoms with Gasteiger partial charge in [-0.1, -0.05) is 6.92 Å². The molecule has 1 aromatic rings. The zero-order chi connectivity index (χ0) is 12.4. The Morgan fingerprint density at radius 3 is 2.94 bits per heavy atom. The predicted molar refractivity (Wildman–Crippen MR) is 67.3 cm³/mol. The van der Waals surface area contributed by atoms with E-state index in [4.69, 9.17) is 5.73 Å². The Labute approximate surface area is 102 Å². The van der Waals surface area contributed by atoms with Crippen molar-refractivity contribution >= 4 is 5.82 Å². The Balaban J connectivity index is 2.38. The lowest BCUT2D eigenvalue weighted by Crippen LogP contribution is -2.35. The van der Waals surface area contributed by atoms with Gasteiger partial charge in [-0.2, -0.15) is 0 Å². The van der Waals surface area contributed by atoms with Crippen LogP contribution in [0.5, 0.6) is 0 Å². The van der Waals surface area contributed by atoms with Crippen LogP contribution < -0.4 is 10.6 Å². The molecular weight excluding hydrogens is 217 g/mol. The van der Waals surface area contributed by atoms with Crippen LogP contribution in [0.4, 0.5) is 10.2 Å². The van der Waals surface area contributed by atoms with Gasteiger partial charge in [-0.05, 0) is 32.3 Å². The molecule has 0 spiro atoms. The second-order valence-electron chi connectivity index (χ2n) is 4.74. The molecule has 3 nitrogen and oxygen atoms in total. The van der Waals surface area contributed by atoms with E-state index < -0.39 is 0 Å². The van der Waals surface area contributed by atoms with Crippen molar-refractivity contribution in [2.75, 3.05) is 4.90 Å². The average molecular weight is 237 g/mol. The van der Waals surface area contributed by atoms with Crippen LogP contribution in [0.3, 0.4) is 0 Å².